The van der Waals surface area contributed by atoms with Gasteiger partial charge in [0.25, 0.3) is 0 Å². The molecule has 0 amide bonds. The first-order valence-corrected chi connectivity index (χ1v) is 12.6. The van der Waals surface area contributed by atoms with E-state index in [0.717, 1.165) is 0 Å². The van der Waals surface area contributed by atoms with Crippen LogP contribution in [0.2, 0.25) is 0 Å². The summed E-state index contributed by atoms with van der Waals surface area (Å²) in [6.45, 7) is 0. The fraction of sp³-hybridized carbons (Fsp3) is 0. The van der Waals surface area contributed by atoms with E-state index < -0.39 is 123 Å². The molecule has 0 saturated heterocycles. The molecule has 0 aliphatic carbocycles. The summed E-state index contributed by atoms with van der Waals surface area (Å²) < 4.78 is 0. The molecule has 60 nitrogen and oxygen atoms in total. The number of rotatable bonds is 0. The van der Waals surface area contributed by atoms with Gasteiger partial charge in [-0.3, -0.25) is 0 Å². The summed E-state index contributed by atoms with van der Waals surface area (Å²) in [5, 5.41) is 306. The third-order valence-electron chi connectivity index (χ3n) is 0. The van der Waals surface area contributed by atoms with Gasteiger partial charge in [-0.1, -0.05) is 0 Å². The molecule has 0 fully saturated rings. The molecule has 70 heteroatoms. The summed E-state index contributed by atoms with van der Waals surface area (Å²) >= 11 is 0. The number of carboxylic acid groups (broad SMARTS) is 40. The van der Waals surface area contributed by atoms with Gasteiger partial charge in [-0.25, -0.2) is 47.9 Å². The third kappa shape index (κ3) is 10800. The zero-order valence-electron chi connectivity index (χ0n) is 42.3. The molecular formula is C20H20Mg10O60. The number of hydrogen-bond donors (Lipinski definition) is 20. The first kappa shape index (κ1) is 199. The van der Waals surface area contributed by atoms with Crippen LogP contribution in [0.15, 0.2) is 0 Å². The van der Waals surface area contributed by atoms with Crippen LogP contribution >= 0.6 is 0 Å². The van der Waals surface area contributed by atoms with Gasteiger partial charge in [-0.2, -0.15) is 0 Å². The van der Waals surface area contributed by atoms with Crippen LogP contribution in [-0.2, 0) is 0 Å². The fourth-order valence-electron chi connectivity index (χ4n) is 0. The minimum absolute atomic E-state index is 0. The van der Waals surface area contributed by atoms with Crippen LogP contribution in [0.4, 0.5) is 95.9 Å². The van der Waals surface area contributed by atoms with Crippen LogP contribution in [0.1, 0.15) is 0 Å². The maximum absolute atomic E-state index is 8.56. The van der Waals surface area contributed by atoms with Gasteiger partial charge in [0.1, 0.15) is 0 Å². The molecule has 480 valence electrons. The van der Waals surface area contributed by atoms with E-state index in [-0.39, 0.29) is 231 Å². The van der Waals surface area contributed by atoms with E-state index in [9.17, 15) is 0 Å². The van der Waals surface area contributed by atoms with Gasteiger partial charge in [-0.15, -0.1) is 0 Å². The fourth-order valence-corrected chi connectivity index (χ4v) is 0. The molecule has 0 radical (unpaired) electrons. The Labute approximate surface area is 646 Å². The molecule has 0 spiro atoms. The second kappa shape index (κ2) is 192. The molecule has 0 rings (SSSR count). The Morgan fingerprint density at radius 1 is 0.111 bits per heavy atom. The predicted molar refractivity (Wildman–Crippen MR) is 218 cm³/mol. The summed E-state index contributed by atoms with van der Waals surface area (Å²) in [4.78, 5) is 169. The van der Waals surface area contributed by atoms with E-state index in [0.29, 0.717) is 0 Å². The summed E-state index contributed by atoms with van der Waals surface area (Å²) in [6.07, 6.45) is -41.7. The van der Waals surface area contributed by atoms with Crippen molar-refractivity contribution in [3.63, 3.8) is 0 Å². The number of carbonyl (C=O) groups excluding carboxylic acids is 10. The standard InChI is InChI=1S/20CH2O3.10Mg/c20*2-1(3)4;;;;;;;;;;/h20*(H2,2,3,4);;;;;;;;;;/q;;;;;;;;;;;;;;;;;;;;10*+2/p-20. The van der Waals surface area contributed by atoms with Gasteiger partial charge in [0.15, 0.2) is 0 Å². The molecule has 0 atom stereocenters. The third-order valence-corrected chi connectivity index (χ3v) is 0. The van der Waals surface area contributed by atoms with Crippen molar-refractivity contribution in [3.8, 4) is 0 Å². The van der Waals surface area contributed by atoms with Crippen LogP contribution in [0.25, 0.3) is 0 Å². The number of carbonyl (C=O) groups is 20. The Morgan fingerprint density at radius 2 is 0.111 bits per heavy atom. The molecule has 0 aromatic carbocycles. The van der Waals surface area contributed by atoms with Crippen molar-refractivity contribution in [2.45, 2.75) is 0 Å². The number of hydrogen-bond acceptors (Lipinski definition) is 40. The molecule has 0 aromatic rings. The van der Waals surface area contributed by atoms with Crippen molar-refractivity contribution < 1.29 is 300 Å². The van der Waals surface area contributed by atoms with Crippen molar-refractivity contribution in [2.75, 3.05) is 0 Å². The van der Waals surface area contributed by atoms with Gasteiger partial charge < -0.3 is 252 Å². The molecule has 0 heterocycles. The maximum atomic E-state index is 8.56. The minimum atomic E-state index is -2.33. The molecule has 0 aliphatic rings. The Bertz CT molecular complexity index is 1090. The second-order valence-corrected chi connectivity index (χ2v) is 5.33. The Balaban J connectivity index is -0.0000000150. The zero-order valence-corrected chi connectivity index (χ0v) is 56.5. The van der Waals surface area contributed by atoms with Crippen LogP contribution in [-0.4, -0.2) is 456 Å². The molecule has 0 saturated carbocycles. The molecule has 0 bridgehead atoms. The zero-order chi connectivity index (χ0) is 71.5. The molecule has 90 heavy (non-hydrogen) atoms. The first-order valence-electron chi connectivity index (χ1n) is 12.6. The molecule has 0 aromatic heterocycles. The molecule has 20 N–H and O–H groups in total. The Morgan fingerprint density at radius 3 is 0.111 bits per heavy atom. The minimum Gasteiger partial charge on any atom is -0.652 e. The van der Waals surface area contributed by atoms with Gasteiger partial charge in [0.2, 0.25) is 0 Å². The second-order valence-electron chi connectivity index (χ2n) is 5.33. The van der Waals surface area contributed by atoms with Gasteiger partial charge in [-0.05, 0) is 61.6 Å². The van der Waals surface area contributed by atoms with E-state index in [1.165, 1.54) is 0 Å². The smallest absolute Gasteiger partial charge is 0.652 e. The van der Waals surface area contributed by atoms with E-state index in [4.69, 9.17) is 300 Å². The summed E-state index contributed by atoms with van der Waals surface area (Å²) in [7, 11) is 0. The monoisotopic (exact) mass is 1460 g/mol. The van der Waals surface area contributed by atoms with E-state index in [1.807, 2.05) is 0 Å². The quantitative estimate of drug-likeness (QED) is 0.100. The van der Waals surface area contributed by atoms with Crippen LogP contribution < -0.4 is 102 Å². The summed E-state index contributed by atoms with van der Waals surface area (Å²) in [5.74, 6) is 0. The predicted octanol–water partition coefficient (Wildman–Crippen LogP) is -26.1. The largest absolute Gasteiger partial charge is 2.00 e. The summed E-state index contributed by atoms with van der Waals surface area (Å²) in [6, 6.07) is 0. The average Bonchev–Trinajstić information content (AvgIpc) is 2.99. The van der Waals surface area contributed by atoms with E-state index in [1.54, 1.807) is 0 Å². The van der Waals surface area contributed by atoms with Crippen molar-refractivity contribution in [3.05, 3.63) is 0 Å². The average molecular weight is 1460 g/mol. The van der Waals surface area contributed by atoms with Crippen LogP contribution in [0, 0.1) is 0 Å². The normalized spacial score (nSPS) is 5.33. The Kier molecular flexibility index (Phi) is 423. The Hall–Kier alpha value is -6.94. The van der Waals surface area contributed by atoms with E-state index >= 15 is 0 Å². The maximum Gasteiger partial charge on any atom is 2.00 e. The van der Waals surface area contributed by atoms with Crippen molar-refractivity contribution in [1.29, 1.82) is 0 Å². The summed E-state index contributed by atoms with van der Waals surface area (Å²) in [5.41, 5.74) is 0. The van der Waals surface area contributed by atoms with Crippen molar-refractivity contribution in [2.24, 2.45) is 0 Å². The van der Waals surface area contributed by atoms with E-state index in [2.05, 4.69) is 0 Å². The van der Waals surface area contributed by atoms with Crippen molar-refractivity contribution in [1.82, 2.24) is 0 Å². The van der Waals surface area contributed by atoms with Gasteiger partial charge in [0, 0.05) is 0 Å². The first-order chi connectivity index (χ1) is 34.6. The van der Waals surface area contributed by atoms with Crippen molar-refractivity contribution >= 4 is 354 Å². The molecule has 0 unspecified atom stereocenters. The van der Waals surface area contributed by atoms with Gasteiger partial charge in [0.05, 0.1) is 0 Å². The molecule has 0 aliphatic heterocycles. The van der Waals surface area contributed by atoms with Crippen LogP contribution in [0.5, 0.6) is 0 Å². The van der Waals surface area contributed by atoms with Crippen LogP contribution in [0.3, 0.4) is 0 Å². The SMILES string of the molecule is O=C(O)O.O=C(O)O.O=C(O)O.O=C(O)O.O=C(O)O.O=C(O)O.O=C(O)O.O=C(O)O.O=C(O)O.O=C(O)O.O=C([O-])[O-].O=C([O-])[O-].O=C([O-])[O-].O=C([O-])[O-].O=C([O-])[O-].O=C([O-])[O-].O=C([O-])[O-].O=C([O-])[O-].O=C([O-])[O-].O=C([O-])[O-].[Mg+2].[Mg+2].[Mg+2].[Mg+2].[Mg+2].[Mg+2].[Mg+2].[Mg+2].[Mg+2].[Mg+2]. The topological polar surface area (TPSA) is 1210 Å². The molecular weight excluding hydrogens is 1440 g/mol. The van der Waals surface area contributed by atoms with Gasteiger partial charge >= 0.3 is 292 Å².